The van der Waals surface area contributed by atoms with Gasteiger partial charge >= 0.3 is 0 Å². The van der Waals surface area contributed by atoms with E-state index >= 15 is 0 Å². The van der Waals surface area contributed by atoms with Gasteiger partial charge in [-0.1, -0.05) is 18.2 Å². The van der Waals surface area contributed by atoms with Crippen LogP contribution in [0.15, 0.2) is 30.5 Å². The molecule has 1 fully saturated rings. The molecule has 4 heteroatoms. The van der Waals surface area contributed by atoms with Crippen molar-refractivity contribution in [2.45, 2.75) is 31.7 Å². The van der Waals surface area contributed by atoms with Gasteiger partial charge in [-0.05, 0) is 55.5 Å². The van der Waals surface area contributed by atoms with Crippen LogP contribution in [0.25, 0.3) is 16.5 Å². The van der Waals surface area contributed by atoms with Crippen molar-refractivity contribution in [3.63, 3.8) is 0 Å². The number of hydrogen-bond donors (Lipinski definition) is 1. The van der Waals surface area contributed by atoms with E-state index in [0.717, 1.165) is 38.9 Å². The van der Waals surface area contributed by atoms with Gasteiger partial charge in [0.05, 0.1) is 5.92 Å². The second kappa shape index (κ2) is 5.73. The smallest absolute Gasteiger partial charge is 0.230 e. The van der Waals surface area contributed by atoms with Crippen molar-refractivity contribution in [2.24, 2.45) is 5.92 Å². The van der Waals surface area contributed by atoms with Crippen LogP contribution in [0.3, 0.4) is 0 Å². The van der Waals surface area contributed by atoms with Crippen LogP contribution in [-0.2, 0) is 11.2 Å². The zero-order valence-corrected chi connectivity index (χ0v) is 14.8. The normalized spacial score (nSPS) is 26.4. The molecule has 2 aliphatic heterocycles. The molecule has 3 aliphatic rings. The maximum Gasteiger partial charge on any atom is 0.230 e. The van der Waals surface area contributed by atoms with Crippen molar-refractivity contribution in [2.75, 3.05) is 26.7 Å². The Labute approximate surface area is 148 Å². The molecule has 1 aromatic heterocycles. The van der Waals surface area contributed by atoms with Gasteiger partial charge in [-0.15, -0.1) is 0 Å². The molecular formula is C21H25N3O. The van der Waals surface area contributed by atoms with Crippen LogP contribution in [0.4, 0.5) is 0 Å². The lowest BCUT2D eigenvalue weighted by atomic mass is 9.79. The van der Waals surface area contributed by atoms with Crippen molar-refractivity contribution in [3.8, 4) is 0 Å². The molecule has 0 saturated carbocycles. The number of carbonyl (C=O) groups is 1. The Balaban J connectivity index is 1.55. The van der Waals surface area contributed by atoms with E-state index in [4.69, 9.17) is 0 Å². The number of piperidine rings is 1. The highest BCUT2D eigenvalue weighted by molar-refractivity contribution is 5.99. The summed E-state index contributed by atoms with van der Waals surface area (Å²) in [6.45, 7) is 2.70. The molecule has 5 rings (SSSR count). The van der Waals surface area contributed by atoms with E-state index in [1.165, 1.54) is 34.0 Å². The maximum absolute atomic E-state index is 13.1. The number of benzene rings is 1. The fourth-order valence-corrected chi connectivity index (χ4v) is 4.95. The van der Waals surface area contributed by atoms with Crippen LogP contribution in [0.1, 0.15) is 30.4 Å². The predicted molar refractivity (Wildman–Crippen MR) is 100 cm³/mol. The summed E-state index contributed by atoms with van der Waals surface area (Å²) in [5.74, 6) is 0.314. The second-order valence-corrected chi connectivity index (χ2v) is 7.82. The number of H-pyrrole nitrogens is 1. The molecule has 0 bridgehead atoms. The van der Waals surface area contributed by atoms with Gasteiger partial charge in [-0.2, -0.15) is 0 Å². The molecule has 130 valence electrons. The van der Waals surface area contributed by atoms with Gasteiger partial charge in [0, 0.05) is 42.8 Å². The average molecular weight is 335 g/mol. The molecule has 1 N–H and O–H groups in total. The Bertz CT molecular complexity index is 859. The third-order valence-corrected chi connectivity index (χ3v) is 6.25. The molecule has 0 radical (unpaired) electrons. The molecule has 1 amide bonds. The fourth-order valence-electron chi connectivity index (χ4n) is 4.95. The first-order valence-electron chi connectivity index (χ1n) is 9.52. The first kappa shape index (κ1) is 15.2. The molecule has 0 spiro atoms. The van der Waals surface area contributed by atoms with Crippen molar-refractivity contribution in [1.82, 2.24) is 14.8 Å². The number of likely N-dealkylation sites (N-methyl/N-ethyl adjacent to an activating group) is 1. The summed E-state index contributed by atoms with van der Waals surface area (Å²) in [6.07, 6.45) is 9.04. The van der Waals surface area contributed by atoms with E-state index in [2.05, 4.69) is 52.3 Å². The number of carbonyl (C=O) groups excluding carboxylic acids is 1. The number of fused-ring (bicyclic) bond motifs is 2. The van der Waals surface area contributed by atoms with Crippen LogP contribution in [0.2, 0.25) is 0 Å². The summed E-state index contributed by atoms with van der Waals surface area (Å²) >= 11 is 0. The SMILES string of the molecule is CN1CC(C(=O)N2CCCCC2)C=C2c3cccc4[nH]cc(c34)CC21. The highest BCUT2D eigenvalue weighted by Gasteiger charge is 2.36. The highest BCUT2D eigenvalue weighted by atomic mass is 16.2. The highest BCUT2D eigenvalue weighted by Crippen LogP contribution is 2.41. The van der Waals surface area contributed by atoms with Gasteiger partial charge in [-0.25, -0.2) is 0 Å². The number of likely N-dealkylation sites (tertiary alicyclic amines) is 1. The number of nitrogens with one attached hydrogen (secondary N) is 1. The Morgan fingerprint density at radius 1 is 1.20 bits per heavy atom. The van der Waals surface area contributed by atoms with Crippen LogP contribution < -0.4 is 0 Å². The molecule has 2 unspecified atom stereocenters. The minimum atomic E-state index is -0.00917. The summed E-state index contributed by atoms with van der Waals surface area (Å²) in [4.78, 5) is 20.9. The Kier molecular flexibility index (Phi) is 3.49. The quantitative estimate of drug-likeness (QED) is 0.870. The third-order valence-electron chi connectivity index (χ3n) is 6.25. The molecule has 2 atom stereocenters. The number of rotatable bonds is 1. The van der Waals surface area contributed by atoms with Crippen molar-refractivity contribution in [1.29, 1.82) is 0 Å². The first-order valence-corrected chi connectivity index (χ1v) is 9.52. The van der Waals surface area contributed by atoms with Crippen LogP contribution in [0, 0.1) is 5.92 Å². The van der Waals surface area contributed by atoms with Crippen molar-refractivity contribution >= 4 is 22.4 Å². The molecule has 25 heavy (non-hydrogen) atoms. The van der Waals surface area contributed by atoms with Crippen LogP contribution in [0.5, 0.6) is 0 Å². The number of aromatic amines is 1. The fraction of sp³-hybridized carbons (Fsp3) is 0.476. The zero-order chi connectivity index (χ0) is 17.0. The van der Waals surface area contributed by atoms with E-state index in [-0.39, 0.29) is 5.92 Å². The minimum Gasteiger partial charge on any atom is -0.361 e. The van der Waals surface area contributed by atoms with Crippen molar-refractivity contribution in [3.05, 3.63) is 41.6 Å². The van der Waals surface area contributed by atoms with Crippen molar-refractivity contribution < 1.29 is 4.79 Å². The number of amides is 1. The molecule has 1 aromatic carbocycles. The van der Waals surface area contributed by atoms with Gasteiger partial charge < -0.3 is 9.88 Å². The first-order chi connectivity index (χ1) is 12.2. The number of nitrogens with zero attached hydrogens (tertiary/aromatic N) is 2. The molecule has 1 aliphatic carbocycles. The average Bonchev–Trinajstić information content (AvgIpc) is 3.07. The summed E-state index contributed by atoms with van der Waals surface area (Å²) in [5.41, 5.74) is 5.27. The van der Waals surface area contributed by atoms with Crippen LogP contribution in [-0.4, -0.2) is 53.4 Å². The van der Waals surface area contributed by atoms with E-state index < -0.39 is 0 Å². The Morgan fingerprint density at radius 3 is 2.88 bits per heavy atom. The monoisotopic (exact) mass is 335 g/mol. The van der Waals surface area contributed by atoms with Crippen LogP contribution >= 0.6 is 0 Å². The van der Waals surface area contributed by atoms with Gasteiger partial charge in [0.15, 0.2) is 0 Å². The van der Waals surface area contributed by atoms with E-state index in [1.807, 2.05) is 0 Å². The second-order valence-electron chi connectivity index (χ2n) is 7.82. The summed E-state index contributed by atoms with van der Waals surface area (Å²) in [5, 5.41) is 1.35. The third kappa shape index (κ3) is 2.35. The van der Waals surface area contributed by atoms with E-state index in [1.54, 1.807) is 0 Å². The largest absolute Gasteiger partial charge is 0.361 e. The number of aromatic nitrogens is 1. The van der Waals surface area contributed by atoms with E-state index in [0.29, 0.717) is 11.9 Å². The number of hydrogen-bond acceptors (Lipinski definition) is 2. The van der Waals surface area contributed by atoms with Gasteiger partial charge in [0.2, 0.25) is 5.91 Å². The lowest BCUT2D eigenvalue weighted by molar-refractivity contribution is -0.135. The topological polar surface area (TPSA) is 39.3 Å². The Hall–Kier alpha value is -2.07. The minimum absolute atomic E-state index is 0.00917. The maximum atomic E-state index is 13.1. The lowest BCUT2D eigenvalue weighted by Gasteiger charge is -2.41. The van der Waals surface area contributed by atoms with E-state index in [9.17, 15) is 4.79 Å². The van der Waals surface area contributed by atoms with Gasteiger partial charge in [0.1, 0.15) is 0 Å². The molecule has 3 heterocycles. The molecule has 4 nitrogen and oxygen atoms in total. The molecule has 2 aromatic rings. The van der Waals surface area contributed by atoms with Gasteiger partial charge in [0.25, 0.3) is 0 Å². The predicted octanol–water partition coefficient (Wildman–Crippen LogP) is 3.05. The summed E-state index contributed by atoms with van der Waals surface area (Å²) in [7, 11) is 2.17. The molecular weight excluding hydrogens is 310 g/mol. The summed E-state index contributed by atoms with van der Waals surface area (Å²) < 4.78 is 0. The zero-order valence-electron chi connectivity index (χ0n) is 14.8. The standard InChI is InChI=1S/C21H25N3O/c1-23-13-15(21(25)24-8-3-2-4-9-24)10-17-16-6-5-7-18-20(16)14(12-22-18)11-19(17)23/h5-7,10,12,15,19,22H,2-4,8-9,11,13H2,1H3. The Morgan fingerprint density at radius 2 is 2.04 bits per heavy atom. The summed E-state index contributed by atoms with van der Waals surface area (Å²) in [6, 6.07) is 6.88. The lowest BCUT2D eigenvalue weighted by Crippen LogP contribution is -2.48. The van der Waals surface area contributed by atoms with Gasteiger partial charge in [-0.3, -0.25) is 9.69 Å². The molecule has 1 saturated heterocycles.